The lowest BCUT2D eigenvalue weighted by Crippen LogP contribution is -2.15. The van der Waals surface area contributed by atoms with Crippen LogP contribution in [0.5, 0.6) is 0 Å². The molecule has 0 fully saturated rings. The Balaban J connectivity index is 1.59. The highest BCUT2D eigenvalue weighted by molar-refractivity contribution is 8.38. The van der Waals surface area contributed by atoms with Crippen molar-refractivity contribution in [1.82, 2.24) is 0 Å². The monoisotopic (exact) mass is 417 g/mol. The maximum absolute atomic E-state index is 12.5. The number of ketones is 1. The van der Waals surface area contributed by atoms with E-state index >= 15 is 0 Å². The molecule has 0 N–H and O–H groups in total. The van der Waals surface area contributed by atoms with Gasteiger partial charge in [-0.3, -0.25) is 9.79 Å². The highest BCUT2D eigenvalue weighted by atomic mass is 32.2. The molecule has 0 amide bonds. The number of ether oxygens (including phenoxy) is 1. The highest BCUT2D eigenvalue weighted by Gasteiger charge is 2.16. The van der Waals surface area contributed by atoms with E-state index in [2.05, 4.69) is 4.99 Å². The van der Waals surface area contributed by atoms with Gasteiger partial charge in [0.25, 0.3) is 0 Å². The van der Waals surface area contributed by atoms with Crippen molar-refractivity contribution in [2.24, 2.45) is 4.99 Å². The molecule has 2 aromatic rings. The minimum Gasteiger partial charge on any atom is -0.454 e. The summed E-state index contributed by atoms with van der Waals surface area (Å²) >= 11 is 4.98. The van der Waals surface area contributed by atoms with Crippen LogP contribution in [-0.4, -0.2) is 41.3 Å². The van der Waals surface area contributed by atoms with E-state index in [9.17, 15) is 9.59 Å². The van der Waals surface area contributed by atoms with Gasteiger partial charge in [0.15, 0.2) is 12.4 Å². The third-order valence-electron chi connectivity index (χ3n) is 3.89. The van der Waals surface area contributed by atoms with E-state index in [-0.39, 0.29) is 12.4 Å². The van der Waals surface area contributed by atoms with Crippen LogP contribution in [0.15, 0.2) is 58.4 Å². The number of thioether (sulfide) groups is 3. The van der Waals surface area contributed by atoms with Gasteiger partial charge in [-0.1, -0.05) is 53.9 Å². The lowest BCUT2D eigenvalue weighted by Gasteiger charge is -2.09. The Hall–Kier alpha value is -1.70. The van der Waals surface area contributed by atoms with E-state index in [1.54, 1.807) is 59.6 Å². The van der Waals surface area contributed by atoms with Gasteiger partial charge in [-0.05, 0) is 30.0 Å². The Bertz CT molecular complexity index is 850. The molecule has 7 heteroatoms. The Labute approximate surface area is 171 Å². The molecule has 4 nitrogen and oxygen atoms in total. The molecule has 0 spiro atoms. The van der Waals surface area contributed by atoms with Crippen molar-refractivity contribution >= 4 is 51.4 Å². The summed E-state index contributed by atoms with van der Waals surface area (Å²) < 4.78 is 6.33. The Morgan fingerprint density at radius 2 is 1.93 bits per heavy atom. The zero-order chi connectivity index (χ0) is 19.1. The third-order valence-corrected chi connectivity index (χ3v) is 6.94. The molecule has 0 saturated carbocycles. The molecule has 1 aliphatic heterocycles. The summed E-state index contributed by atoms with van der Waals surface area (Å²) in [5.74, 6) is 0.994. The SMILES string of the molecule is CSc1ccc(C(=O)COC(=O)c2ccccc2CSC2=NCCS2)cc1. The van der Waals surface area contributed by atoms with E-state index in [0.29, 0.717) is 16.9 Å². The van der Waals surface area contributed by atoms with Crippen LogP contribution in [0.1, 0.15) is 26.3 Å². The maximum atomic E-state index is 12.5. The largest absolute Gasteiger partial charge is 0.454 e. The fourth-order valence-electron chi connectivity index (χ4n) is 2.46. The number of benzene rings is 2. The fourth-order valence-corrected chi connectivity index (χ4v) is 4.88. The summed E-state index contributed by atoms with van der Waals surface area (Å²) in [6.07, 6.45) is 1.98. The van der Waals surface area contributed by atoms with Gasteiger partial charge in [0.2, 0.25) is 0 Å². The van der Waals surface area contributed by atoms with E-state index in [1.165, 1.54) is 0 Å². The Morgan fingerprint density at radius 1 is 1.15 bits per heavy atom. The zero-order valence-corrected chi connectivity index (χ0v) is 17.3. The second-order valence-corrected chi connectivity index (χ2v) is 8.86. The average molecular weight is 418 g/mol. The van der Waals surface area contributed by atoms with E-state index in [4.69, 9.17) is 4.74 Å². The van der Waals surface area contributed by atoms with Gasteiger partial charge >= 0.3 is 5.97 Å². The first-order valence-electron chi connectivity index (χ1n) is 8.39. The van der Waals surface area contributed by atoms with Crippen molar-refractivity contribution in [3.63, 3.8) is 0 Å². The van der Waals surface area contributed by atoms with Crippen LogP contribution in [0.3, 0.4) is 0 Å². The smallest absolute Gasteiger partial charge is 0.338 e. The van der Waals surface area contributed by atoms with Crippen molar-refractivity contribution in [3.05, 3.63) is 65.2 Å². The van der Waals surface area contributed by atoms with E-state index in [1.807, 2.05) is 30.5 Å². The predicted molar refractivity (Wildman–Crippen MR) is 115 cm³/mol. The Kier molecular flexibility index (Phi) is 7.43. The molecule has 0 bridgehead atoms. The van der Waals surface area contributed by atoms with E-state index in [0.717, 1.165) is 27.1 Å². The average Bonchev–Trinajstić information content (AvgIpc) is 3.24. The number of hydrogen-bond acceptors (Lipinski definition) is 7. The van der Waals surface area contributed by atoms with Gasteiger partial charge in [-0.2, -0.15) is 0 Å². The topological polar surface area (TPSA) is 55.7 Å². The van der Waals surface area contributed by atoms with Crippen LogP contribution < -0.4 is 0 Å². The minimum atomic E-state index is -0.471. The number of aliphatic imine (C=N–C) groups is 1. The molecule has 140 valence electrons. The van der Waals surface area contributed by atoms with Crippen LogP contribution in [0.25, 0.3) is 0 Å². The summed E-state index contributed by atoms with van der Waals surface area (Å²) in [4.78, 5) is 30.2. The minimum absolute atomic E-state index is 0.209. The summed E-state index contributed by atoms with van der Waals surface area (Å²) in [5.41, 5.74) is 1.93. The summed E-state index contributed by atoms with van der Waals surface area (Å²) in [6.45, 7) is 0.595. The first kappa shape index (κ1) is 20.0. The third kappa shape index (κ3) is 5.64. The molecule has 0 saturated heterocycles. The maximum Gasteiger partial charge on any atom is 0.338 e. The molecule has 0 atom stereocenters. The molecule has 0 unspecified atom stereocenters. The number of hydrogen-bond donors (Lipinski definition) is 0. The first-order chi connectivity index (χ1) is 13.2. The lowest BCUT2D eigenvalue weighted by atomic mass is 10.1. The number of nitrogens with zero attached hydrogens (tertiary/aromatic N) is 1. The van der Waals surface area contributed by atoms with Crippen LogP contribution in [0.2, 0.25) is 0 Å². The Morgan fingerprint density at radius 3 is 2.63 bits per heavy atom. The highest BCUT2D eigenvalue weighted by Crippen LogP contribution is 2.26. The molecule has 27 heavy (non-hydrogen) atoms. The van der Waals surface area contributed by atoms with Crippen molar-refractivity contribution in [2.75, 3.05) is 25.2 Å². The molecule has 0 aromatic heterocycles. The fraction of sp³-hybridized carbons (Fsp3) is 0.250. The number of rotatable bonds is 7. The quantitative estimate of drug-likeness (QED) is 0.367. The zero-order valence-electron chi connectivity index (χ0n) is 14.8. The van der Waals surface area contributed by atoms with Crippen LogP contribution >= 0.6 is 35.3 Å². The van der Waals surface area contributed by atoms with Gasteiger partial charge in [0.05, 0.1) is 12.1 Å². The van der Waals surface area contributed by atoms with Crippen LogP contribution in [0.4, 0.5) is 0 Å². The molecule has 0 radical (unpaired) electrons. The summed E-state index contributed by atoms with van der Waals surface area (Å²) in [6, 6.07) is 14.6. The van der Waals surface area contributed by atoms with Crippen molar-refractivity contribution < 1.29 is 14.3 Å². The number of esters is 1. The van der Waals surface area contributed by atoms with Gasteiger partial charge in [-0.25, -0.2) is 4.79 Å². The molecule has 3 rings (SSSR count). The number of Topliss-reactive ketones (excluding diaryl/α,β-unsaturated/α-hetero) is 1. The van der Waals surface area contributed by atoms with Crippen LogP contribution in [0, 0.1) is 0 Å². The van der Waals surface area contributed by atoms with Gasteiger partial charge < -0.3 is 4.74 Å². The van der Waals surface area contributed by atoms with Crippen molar-refractivity contribution in [2.45, 2.75) is 10.6 Å². The second kappa shape index (κ2) is 10.0. The predicted octanol–water partition coefficient (Wildman–Crippen LogP) is 4.78. The van der Waals surface area contributed by atoms with Gasteiger partial charge in [0, 0.05) is 22.0 Å². The van der Waals surface area contributed by atoms with Crippen molar-refractivity contribution in [3.8, 4) is 0 Å². The van der Waals surface area contributed by atoms with Crippen molar-refractivity contribution in [1.29, 1.82) is 0 Å². The second-order valence-electron chi connectivity index (χ2n) is 5.67. The molecule has 0 aliphatic carbocycles. The van der Waals surface area contributed by atoms with Crippen LogP contribution in [-0.2, 0) is 10.5 Å². The first-order valence-corrected chi connectivity index (χ1v) is 11.6. The van der Waals surface area contributed by atoms with Gasteiger partial charge in [0.1, 0.15) is 4.38 Å². The lowest BCUT2D eigenvalue weighted by molar-refractivity contribution is 0.0474. The molecule has 2 aromatic carbocycles. The molecular formula is C20H19NO3S3. The normalized spacial score (nSPS) is 13.3. The van der Waals surface area contributed by atoms with Gasteiger partial charge in [-0.15, -0.1) is 11.8 Å². The molecule has 1 aliphatic rings. The molecular weight excluding hydrogens is 398 g/mol. The standard InChI is InChI=1S/C20H19NO3S3/c1-25-16-8-6-14(7-9-16)18(22)12-24-19(23)17-5-3-2-4-15(17)13-27-20-21-10-11-26-20/h2-9H,10-13H2,1H3. The molecule has 1 heterocycles. The van der Waals surface area contributed by atoms with E-state index < -0.39 is 5.97 Å². The summed E-state index contributed by atoms with van der Waals surface area (Å²) in [5, 5.41) is 0. The summed E-state index contributed by atoms with van der Waals surface area (Å²) in [7, 11) is 0. The number of carbonyl (C=O) groups is 2. The number of carbonyl (C=O) groups excluding carboxylic acids is 2.